The van der Waals surface area contributed by atoms with Crippen molar-refractivity contribution in [3.8, 4) is 11.5 Å². The van der Waals surface area contributed by atoms with E-state index in [0.717, 1.165) is 28.3 Å². The van der Waals surface area contributed by atoms with Crippen LogP contribution in [0.5, 0.6) is 11.5 Å². The monoisotopic (exact) mass is 416 g/mol. The fourth-order valence-corrected chi connectivity index (χ4v) is 3.32. The van der Waals surface area contributed by atoms with Gasteiger partial charge in [-0.2, -0.15) is 0 Å². The maximum Gasteiger partial charge on any atom is 0.251 e. The summed E-state index contributed by atoms with van der Waals surface area (Å²) in [6.07, 6.45) is 1.20. The van der Waals surface area contributed by atoms with Gasteiger partial charge in [-0.25, -0.2) is 0 Å². The van der Waals surface area contributed by atoms with Gasteiger partial charge in [0.15, 0.2) is 0 Å². The first-order valence-electron chi connectivity index (χ1n) is 10.3. The molecule has 1 aliphatic rings. The van der Waals surface area contributed by atoms with Crippen molar-refractivity contribution in [1.29, 1.82) is 0 Å². The highest BCUT2D eigenvalue weighted by Crippen LogP contribution is 2.26. The average Bonchev–Trinajstić information content (AvgIpc) is 2.81. The molecule has 0 atom stereocenters. The summed E-state index contributed by atoms with van der Waals surface area (Å²) in [5.41, 5.74) is 3.49. The zero-order valence-electron chi connectivity index (χ0n) is 17.1. The van der Waals surface area contributed by atoms with Crippen LogP contribution in [0.2, 0.25) is 0 Å². The summed E-state index contributed by atoms with van der Waals surface area (Å²) in [4.78, 5) is 23.8. The molecule has 0 saturated heterocycles. The molecular formula is C25H24N2O4. The van der Waals surface area contributed by atoms with E-state index in [1.807, 2.05) is 60.7 Å². The molecule has 2 N–H and O–H groups in total. The maximum atomic E-state index is 12.3. The Morgan fingerprint density at radius 3 is 2.52 bits per heavy atom. The van der Waals surface area contributed by atoms with Gasteiger partial charge in [0.2, 0.25) is 5.91 Å². The number of rotatable bonds is 8. The third-order valence-electron chi connectivity index (χ3n) is 4.99. The van der Waals surface area contributed by atoms with Crippen LogP contribution in [-0.2, 0) is 17.8 Å². The molecule has 0 fully saturated rings. The third-order valence-corrected chi connectivity index (χ3v) is 4.99. The van der Waals surface area contributed by atoms with E-state index >= 15 is 0 Å². The topological polar surface area (TPSA) is 76.7 Å². The lowest BCUT2D eigenvalue weighted by Gasteiger charge is -2.17. The molecule has 0 aromatic heterocycles. The summed E-state index contributed by atoms with van der Waals surface area (Å²) in [6, 6.07) is 22.6. The number of carbonyl (C=O) groups is 2. The number of fused-ring (bicyclic) bond motifs is 1. The van der Waals surface area contributed by atoms with Crippen molar-refractivity contribution in [3.05, 3.63) is 89.5 Å². The van der Waals surface area contributed by atoms with Gasteiger partial charge in [0.05, 0.1) is 6.54 Å². The highest BCUT2D eigenvalue weighted by molar-refractivity contribution is 5.94. The minimum absolute atomic E-state index is 0.0423. The van der Waals surface area contributed by atoms with E-state index in [0.29, 0.717) is 38.2 Å². The van der Waals surface area contributed by atoms with E-state index in [9.17, 15) is 9.59 Å². The first-order chi connectivity index (χ1) is 15.2. The number of anilines is 1. The Labute approximate surface area is 181 Å². The van der Waals surface area contributed by atoms with Gasteiger partial charge in [0, 0.05) is 17.7 Å². The summed E-state index contributed by atoms with van der Waals surface area (Å²) in [5, 5.41) is 5.71. The summed E-state index contributed by atoms with van der Waals surface area (Å²) < 4.78 is 11.5. The molecule has 6 heteroatoms. The second-order valence-corrected chi connectivity index (χ2v) is 7.27. The largest absolute Gasteiger partial charge is 0.492 e. The van der Waals surface area contributed by atoms with Gasteiger partial charge in [-0.15, -0.1) is 0 Å². The molecule has 31 heavy (non-hydrogen) atoms. The van der Waals surface area contributed by atoms with Crippen molar-refractivity contribution in [2.75, 3.05) is 18.5 Å². The molecule has 0 bridgehead atoms. The van der Waals surface area contributed by atoms with E-state index in [-0.39, 0.29) is 11.8 Å². The number of hydrogen-bond acceptors (Lipinski definition) is 4. The second-order valence-electron chi connectivity index (χ2n) is 7.27. The van der Waals surface area contributed by atoms with Gasteiger partial charge < -0.3 is 20.1 Å². The normalized spacial score (nSPS) is 12.5. The molecule has 4 rings (SSSR count). The van der Waals surface area contributed by atoms with Crippen LogP contribution in [0.4, 0.5) is 5.69 Å². The Bertz CT molecular complexity index is 1050. The fourth-order valence-electron chi connectivity index (χ4n) is 3.32. The molecule has 0 spiro atoms. The zero-order valence-corrected chi connectivity index (χ0v) is 17.1. The fraction of sp³-hybridized carbons (Fsp3) is 0.200. The van der Waals surface area contributed by atoms with Gasteiger partial charge in [-0.05, 0) is 60.0 Å². The second kappa shape index (κ2) is 9.80. The number of aryl methyl sites for hydroxylation is 1. The van der Waals surface area contributed by atoms with Crippen LogP contribution in [0.1, 0.15) is 27.9 Å². The average molecular weight is 416 g/mol. The molecule has 2 amide bonds. The van der Waals surface area contributed by atoms with Crippen LogP contribution < -0.4 is 20.1 Å². The first kappa shape index (κ1) is 20.5. The number of carbonyl (C=O) groups excluding carboxylic acids is 2. The molecule has 0 radical (unpaired) electrons. The number of para-hydroxylation sites is 1. The third kappa shape index (κ3) is 5.63. The van der Waals surface area contributed by atoms with E-state index < -0.39 is 0 Å². The van der Waals surface area contributed by atoms with Crippen LogP contribution >= 0.6 is 0 Å². The minimum atomic E-state index is -0.146. The van der Waals surface area contributed by atoms with Gasteiger partial charge in [-0.3, -0.25) is 9.59 Å². The number of amides is 2. The van der Waals surface area contributed by atoms with Crippen LogP contribution in [0, 0.1) is 0 Å². The summed E-state index contributed by atoms with van der Waals surface area (Å²) in [6.45, 7) is 1.20. The van der Waals surface area contributed by atoms with E-state index in [1.165, 1.54) is 0 Å². The van der Waals surface area contributed by atoms with Gasteiger partial charge in [-0.1, -0.05) is 30.3 Å². The van der Waals surface area contributed by atoms with Crippen molar-refractivity contribution in [2.24, 2.45) is 0 Å². The van der Waals surface area contributed by atoms with Gasteiger partial charge in [0.25, 0.3) is 5.91 Å². The van der Waals surface area contributed by atoms with Crippen LogP contribution in [0.3, 0.4) is 0 Å². The Balaban J connectivity index is 1.20. The molecule has 0 saturated carbocycles. The SMILES string of the molecule is O=C1CCc2cc(OCCNC(=O)c3ccc(COc4ccccc4)cc3)ccc2N1. The number of nitrogens with one attached hydrogen (secondary N) is 2. The number of benzene rings is 3. The Kier molecular flexibility index (Phi) is 6.47. The molecule has 1 heterocycles. The molecule has 1 aliphatic heterocycles. The van der Waals surface area contributed by atoms with Crippen LogP contribution in [0.25, 0.3) is 0 Å². The highest BCUT2D eigenvalue weighted by atomic mass is 16.5. The smallest absolute Gasteiger partial charge is 0.251 e. The summed E-state index contributed by atoms with van der Waals surface area (Å²) in [5.74, 6) is 1.44. The molecule has 3 aromatic rings. The molecule has 158 valence electrons. The number of ether oxygens (including phenoxy) is 2. The Morgan fingerprint density at radius 1 is 0.903 bits per heavy atom. The van der Waals surface area contributed by atoms with Crippen molar-refractivity contribution in [3.63, 3.8) is 0 Å². The Morgan fingerprint density at radius 2 is 1.71 bits per heavy atom. The lowest BCUT2D eigenvalue weighted by molar-refractivity contribution is -0.116. The maximum absolute atomic E-state index is 12.3. The van der Waals surface area contributed by atoms with Crippen molar-refractivity contribution < 1.29 is 19.1 Å². The lowest BCUT2D eigenvalue weighted by atomic mass is 10.0. The quantitative estimate of drug-likeness (QED) is 0.545. The van der Waals surface area contributed by atoms with E-state index in [2.05, 4.69) is 10.6 Å². The first-order valence-corrected chi connectivity index (χ1v) is 10.3. The van der Waals surface area contributed by atoms with Crippen molar-refractivity contribution in [1.82, 2.24) is 5.32 Å². The van der Waals surface area contributed by atoms with E-state index in [4.69, 9.17) is 9.47 Å². The summed E-state index contributed by atoms with van der Waals surface area (Å²) >= 11 is 0. The van der Waals surface area contributed by atoms with Gasteiger partial charge >= 0.3 is 0 Å². The molecule has 3 aromatic carbocycles. The predicted molar refractivity (Wildman–Crippen MR) is 118 cm³/mol. The molecule has 6 nitrogen and oxygen atoms in total. The zero-order chi connectivity index (χ0) is 21.5. The van der Waals surface area contributed by atoms with Crippen molar-refractivity contribution in [2.45, 2.75) is 19.4 Å². The highest BCUT2D eigenvalue weighted by Gasteiger charge is 2.15. The standard InChI is InChI=1S/C25H24N2O4/c28-24-13-10-20-16-22(11-12-23(20)27-24)30-15-14-26-25(29)19-8-6-18(7-9-19)17-31-21-4-2-1-3-5-21/h1-9,11-12,16H,10,13-15,17H2,(H,26,29)(H,27,28). The number of hydrogen-bond donors (Lipinski definition) is 2. The van der Waals surface area contributed by atoms with Crippen LogP contribution in [-0.4, -0.2) is 25.0 Å². The molecular weight excluding hydrogens is 392 g/mol. The van der Waals surface area contributed by atoms with Crippen LogP contribution in [0.15, 0.2) is 72.8 Å². The molecule has 0 unspecified atom stereocenters. The van der Waals surface area contributed by atoms with Gasteiger partial charge in [0.1, 0.15) is 24.7 Å². The van der Waals surface area contributed by atoms with E-state index in [1.54, 1.807) is 12.1 Å². The Hall–Kier alpha value is -3.80. The predicted octanol–water partition coefficient (Wildman–Crippen LogP) is 3.96. The summed E-state index contributed by atoms with van der Waals surface area (Å²) in [7, 11) is 0. The lowest BCUT2D eigenvalue weighted by Crippen LogP contribution is -2.28. The molecule has 0 aliphatic carbocycles. The van der Waals surface area contributed by atoms with Crippen molar-refractivity contribution >= 4 is 17.5 Å². The minimum Gasteiger partial charge on any atom is -0.492 e.